The predicted octanol–water partition coefficient (Wildman–Crippen LogP) is 2.82. The molecule has 172 valence electrons. The molecule has 33 heavy (non-hydrogen) atoms. The molecule has 5 N–H and O–H groups in total. The molecule has 0 aliphatic rings. The molecule has 0 saturated carbocycles. The van der Waals surface area contributed by atoms with E-state index in [1.807, 2.05) is 0 Å². The van der Waals surface area contributed by atoms with Crippen LogP contribution >= 0.6 is 38.6 Å². The molecule has 0 saturated heterocycles. The van der Waals surface area contributed by atoms with Gasteiger partial charge in [-0.25, -0.2) is 4.79 Å². The number of amides is 3. The number of aliphatic carboxylic acids is 1. The van der Waals surface area contributed by atoms with Gasteiger partial charge in [-0.2, -0.15) is 0 Å². The molecule has 3 amide bonds. The van der Waals surface area contributed by atoms with Crippen LogP contribution in [0.3, 0.4) is 0 Å². The molecule has 9 nitrogen and oxygen atoms in total. The Morgan fingerprint density at radius 3 is 2.39 bits per heavy atom. The van der Waals surface area contributed by atoms with Crippen LogP contribution < -0.4 is 16.0 Å². The largest absolute Gasteiger partial charge is 0.508 e. The predicted molar refractivity (Wildman–Crippen MR) is 127 cm³/mol. The summed E-state index contributed by atoms with van der Waals surface area (Å²) in [6, 6.07) is 9.84. The van der Waals surface area contributed by atoms with Gasteiger partial charge in [0.05, 0.1) is 9.75 Å². The fourth-order valence-electron chi connectivity index (χ4n) is 2.68. The van der Waals surface area contributed by atoms with E-state index in [4.69, 9.17) is 0 Å². The summed E-state index contributed by atoms with van der Waals surface area (Å²) in [5.74, 6) is -2.79. The van der Waals surface area contributed by atoms with Crippen LogP contribution in [0.15, 0.2) is 52.3 Å². The van der Waals surface area contributed by atoms with Crippen LogP contribution in [-0.2, 0) is 11.3 Å². The van der Waals surface area contributed by atoms with Gasteiger partial charge in [0.1, 0.15) is 16.7 Å². The Morgan fingerprint density at radius 1 is 0.970 bits per heavy atom. The molecule has 1 atom stereocenters. The zero-order valence-corrected chi connectivity index (χ0v) is 20.1. The van der Waals surface area contributed by atoms with Crippen LogP contribution in [0.1, 0.15) is 34.6 Å². The van der Waals surface area contributed by atoms with Crippen molar-refractivity contribution in [3.05, 3.63) is 72.5 Å². The van der Waals surface area contributed by atoms with Gasteiger partial charge in [0.2, 0.25) is 0 Å². The summed E-state index contributed by atoms with van der Waals surface area (Å²) in [5.41, 5.74) is 0.700. The van der Waals surface area contributed by atoms with Crippen LogP contribution in [0.5, 0.6) is 5.75 Å². The van der Waals surface area contributed by atoms with E-state index in [1.54, 1.807) is 29.6 Å². The van der Waals surface area contributed by atoms with Crippen molar-refractivity contribution in [1.29, 1.82) is 0 Å². The molecule has 1 unspecified atom stereocenters. The highest BCUT2D eigenvalue weighted by Gasteiger charge is 2.25. The highest BCUT2D eigenvalue weighted by atomic mass is 79.9. The molecular formula is C21H18BrN3O6S2. The van der Waals surface area contributed by atoms with Crippen molar-refractivity contribution in [2.45, 2.75) is 12.6 Å². The van der Waals surface area contributed by atoms with E-state index in [1.165, 1.54) is 29.5 Å². The number of hydrogen-bond donors (Lipinski definition) is 5. The summed E-state index contributed by atoms with van der Waals surface area (Å²) in [6.45, 7) is -0.132. The summed E-state index contributed by atoms with van der Waals surface area (Å²) in [6.07, 6.45) is 0. The summed E-state index contributed by atoms with van der Waals surface area (Å²) in [4.78, 5) is 49.5. The molecule has 3 rings (SSSR count). The molecule has 0 radical (unpaired) electrons. The molecule has 12 heteroatoms. The smallest absolute Gasteiger partial charge is 0.328 e. The van der Waals surface area contributed by atoms with Crippen molar-refractivity contribution >= 4 is 62.3 Å². The van der Waals surface area contributed by atoms with E-state index >= 15 is 0 Å². The van der Waals surface area contributed by atoms with Gasteiger partial charge >= 0.3 is 5.97 Å². The second-order valence-corrected chi connectivity index (χ2v) is 9.55. The lowest BCUT2D eigenvalue weighted by molar-refractivity contribution is -0.139. The SMILES string of the molecule is O=C(NCC(NC(=O)c1sc(C(=O)NCc2cccc(O)c2)cc1Br)C(=O)O)c1cccs1. The lowest BCUT2D eigenvalue weighted by Gasteiger charge is -2.14. The number of hydrogen-bond acceptors (Lipinski definition) is 7. The average molecular weight is 552 g/mol. The van der Waals surface area contributed by atoms with Gasteiger partial charge in [0.25, 0.3) is 17.7 Å². The number of phenolic OH excluding ortho intramolecular Hbond substituents is 1. The average Bonchev–Trinajstić information content (AvgIpc) is 3.44. The van der Waals surface area contributed by atoms with Crippen LogP contribution in [0, 0.1) is 0 Å². The van der Waals surface area contributed by atoms with Crippen molar-refractivity contribution in [3.63, 3.8) is 0 Å². The number of nitrogens with one attached hydrogen (secondary N) is 3. The molecule has 0 aliphatic carbocycles. The number of rotatable bonds is 9. The number of carbonyl (C=O) groups is 4. The van der Waals surface area contributed by atoms with Crippen molar-refractivity contribution in [1.82, 2.24) is 16.0 Å². The summed E-state index contributed by atoms with van der Waals surface area (Å²) in [5, 5.41) is 28.2. The Bertz CT molecular complexity index is 1180. The van der Waals surface area contributed by atoms with Crippen molar-refractivity contribution in [2.75, 3.05) is 6.54 Å². The molecule has 1 aromatic carbocycles. The minimum atomic E-state index is -1.36. The normalized spacial score (nSPS) is 11.4. The standard InChI is InChI=1S/C21H18BrN3O6S2/c22-13-8-16(19(28)23-9-11-3-1-4-12(26)7-11)33-17(13)20(29)25-14(21(30)31)10-24-18(27)15-5-2-6-32-15/h1-8,14,26H,9-10H2,(H,23,28)(H,24,27)(H,25,29)(H,30,31). The number of carboxylic acids is 1. The first-order chi connectivity index (χ1) is 15.7. The van der Waals surface area contributed by atoms with E-state index in [9.17, 15) is 29.4 Å². The fraction of sp³-hybridized carbons (Fsp3) is 0.143. The van der Waals surface area contributed by atoms with Gasteiger partial charge in [-0.05, 0) is 51.1 Å². The Hall–Kier alpha value is -3.22. The van der Waals surface area contributed by atoms with Crippen molar-refractivity contribution in [2.24, 2.45) is 0 Å². The number of phenols is 1. The highest BCUT2D eigenvalue weighted by molar-refractivity contribution is 9.10. The maximum absolute atomic E-state index is 12.6. The number of carboxylic acid groups (broad SMARTS) is 1. The highest BCUT2D eigenvalue weighted by Crippen LogP contribution is 2.27. The molecule has 0 spiro atoms. The Kier molecular flexibility index (Phi) is 8.20. The molecule has 0 fully saturated rings. The first-order valence-corrected chi connectivity index (χ1v) is 11.9. The number of thiophene rings is 2. The zero-order valence-electron chi connectivity index (χ0n) is 16.8. The van der Waals surface area contributed by atoms with E-state index in [0.717, 1.165) is 11.3 Å². The van der Waals surface area contributed by atoms with E-state index < -0.39 is 29.7 Å². The summed E-state index contributed by atoms with van der Waals surface area (Å²) in [7, 11) is 0. The lowest BCUT2D eigenvalue weighted by Crippen LogP contribution is -2.48. The molecule has 0 aliphatic heterocycles. The molecule has 3 aromatic rings. The minimum absolute atomic E-state index is 0.0825. The third-order valence-corrected chi connectivity index (χ3v) is 7.18. The Labute approximate surface area is 204 Å². The Balaban J connectivity index is 1.60. The summed E-state index contributed by atoms with van der Waals surface area (Å²) < 4.78 is 0.333. The maximum atomic E-state index is 12.6. The topological polar surface area (TPSA) is 145 Å². The van der Waals surface area contributed by atoms with Crippen LogP contribution in [0.25, 0.3) is 0 Å². The number of benzene rings is 1. The van der Waals surface area contributed by atoms with Gasteiger partial charge < -0.3 is 26.2 Å². The second kappa shape index (κ2) is 11.1. The third-order valence-electron chi connectivity index (χ3n) is 4.30. The van der Waals surface area contributed by atoms with Gasteiger partial charge in [0, 0.05) is 17.6 Å². The minimum Gasteiger partial charge on any atom is -0.508 e. The quantitative estimate of drug-likeness (QED) is 0.276. The zero-order chi connectivity index (χ0) is 24.0. The van der Waals surface area contributed by atoms with E-state index in [2.05, 4.69) is 31.9 Å². The van der Waals surface area contributed by atoms with Gasteiger partial charge in [0.15, 0.2) is 0 Å². The second-order valence-electron chi connectivity index (χ2n) is 6.69. The molecule has 0 bridgehead atoms. The van der Waals surface area contributed by atoms with Crippen LogP contribution in [0.4, 0.5) is 0 Å². The fourth-order valence-corrected chi connectivity index (χ4v) is 5.00. The molecule has 2 heterocycles. The summed E-state index contributed by atoms with van der Waals surface area (Å²) >= 11 is 5.33. The molecular weight excluding hydrogens is 534 g/mol. The first-order valence-electron chi connectivity index (χ1n) is 9.45. The first kappa shape index (κ1) is 24.4. The third kappa shape index (κ3) is 6.63. The van der Waals surface area contributed by atoms with Gasteiger partial charge in [-0.1, -0.05) is 18.2 Å². The monoisotopic (exact) mass is 551 g/mol. The Morgan fingerprint density at radius 2 is 1.73 bits per heavy atom. The maximum Gasteiger partial charge on any atom is 0.328 e. The van der Waals surface area contributed by atoms with E-state index in [0.29, 0.717) is 14.9 Å². The lowest BCUT2D eigenvalue weighted by atomic mass is 10.2. The van der Waals surface area contributed by atoms with Crippen molar-refractivity contribution < 1.29 is 29.4 Å². The van der Waals surface area contributed by atoms with Gasteiger partial charge in [-0.15, -0.1) is 22.7 Å². The number of carbonyl (C=O) groups excluding carboxylic acids is 3. The number of halogens is 1. The van der Waals surface area contributed by atoms with Crippen LogP contribution in [-0.4, -0.2) is 46.5 Å². The number of aromatic hydroxyl groups is 1. The van der Waals surface area contributed by atoms with E-state index in [-0.39, 0.29) is 28.6 Å². The van der Waals surface area contributed by atoms with Gasteiger partial charge in [-0.3, -0.25) is 14.4 Å². The van der Waals surface area contributed by atoms with Crippen molar-refractivity contribution in [3.8, 4) is 5.75 Å². The molecule has 2 aromatic heterocycles. The van der Waals surface area contributed by atoms with Crippen LogP contribution in [0.2, 0.25) is 0 Å².